The van der Waals surface area contributed by atoms with E-state index in [2.05, 4.69) is 0 Å². The van der Waals surface area contributed by atoms with E-state index in [1.165, 1.54) is 32.1 Å². The molecule has 0 bridgehead atoms. The summed E-state index contributed by atoms with van der Waals surface area (Å²) in [4.78, 5) is 0. The second-order valence-corrected chi connectivity index (χ2v) is 7.43. The third kappa shape index (κ3) is 3.65. The van der Waals surface area contributed by atoms with E-state index in [1.54, 1.807) is 0 Å². The van der Waals surface area contributed by atoms with E-state index in [4.69, 9.17) is 0 Å². The molecule has 0 aromatic rings. The van der Waals surface area contributed by atoms with Crippen LogP contribution in [0, 0.1) is 17.8 Å². The third-order valence-corrected chi connectivity index (χ3v) is 5.98. The number of allylic oxidation sites excluding steroid dienone is 2. The summed E-state index contributed by atoms with van der Waals surface area (Å²) >= 11 is 0. The van der Waals surface area contributed by atoms with E-state index in [1.807, 2.05) is 0 Å². The highest BCUT2D eigenvalue weighted by atomic mass is 19.1. The lowest BCUT2D eigenvalue weighted by molar-refractivity contribution is 0.122. The number of hydrogen-bond acceptors (Lipinski definition) is 0. The van der Waals surface area contributed by atoms with Crippen LogP contribution < -0.4 is 0 Å². The van der Waals surface area contributed by atoms with Gasteiger partial charge in [0, 0.05) is 12.8 Å². The van der Waals surface area contributed by atoms with Crippen molar-refractivity contribution in [1.82, 2.24) is 0 Å². The molecule has 0 aromatic heterocycles. The van der Waals surface area contributed by atoms with Gasteiger partial charge in [-0.05, 0) is 49.0 Å². The van der Waals surface area contributed by atoms with Gasteiger partial charge >= 0.3 is 0 Å². The topological polar surface area (TPSA) is 0 Å². The first-order valence-corrected chi connectivity index (χ1v) is 8.79. The first-order valence-electron chi connectivity index (χ1n) is 8.79. The Hall–Kier alpha value is -0.470. The largest absolute Gasteiger partial charge is 0.247 e. The fraction of sp³-hybridized carbons (Fsp3) is 0.889. The second kappa shape index (κ2) is 6.75. The van der Waals surface area contributed by atoms with Crippen LogP contribution in [0.25, 0.3) is 0 Å². The van der Waals surface area contributed by atoms with Crippen LogP contribution in [0.15, 0.2) is 11.4 Å². The summed E-state index contributed by atoms with van der Waals surface area (Å²) in [5.74, 6) is 0.944. The van der Waals surface area contributed by atoms with Gasteiger partial charge < -0.3 is 0 Å². The summed E-state index contributed by atoms with van der Waals surface area (Å²) in [5, 5.41) is 0. The second-order valence-electron chi connectivity index (χ2n) is 7.43. The molecule has 3 atom stereocenters. The van der Waals surface area contributed by atoms with Crippen LogP contribution in [0.4, 0.5) is 13.2 Å². The molecule has 3 rings (SSSR count). The van der Waals surface area contributed by atoms with Crippen molar-refractivity contribution in [3.8, 4) is 0 Å². The van der Waals surface area contributed by atoms with Crippen LogP contribution in [0.5, 0.6) is 0 Å². The average molecular weight is 300 g/mol. The van der Waals surface area contributed by atoms with Gasteiger partial charge in [-0.1, -0.05) is 32.1 Å². The first-order chi connectivity index (χ1) is 10.1. The Bertz CT molecular complexity index is 374. The van der Waals surface area contributed by atoms with E-state index < -0.39 is 12.3 Å². The number of halogens is 3. The Morgan fingerprint density at radius 2 is 1.43 bits per heavy atom. The third-order valence-electron chi connectivity index (χ3n) is 5.98. The molecule has 0 saturated heterocycles. The van der Waals surface area contributed by atoms with E-state index in [0.29, 0.717) is 31.1 Å². The maximum Gasteiger partial charge on any atom is 0.103 e. The van der Waals surface area contributed by atoms with Crippen molar-refractivity contribution in [3.63, 3.8) is 0 Å². The van der Waals surface area contributed by atoms with E-state index >= 15 is 0 Å². The summed E-state index contributed by atoms with van der Waals surface area (Å²) in [6.45, 7) is 0. The molecule has 3 aliphatic carbocycles. The van der Waals surface area contributed by atoms with Crippen molar-refractivity contribution >= 4 is 0 Å². The zero-order chi connectivity index (χ0) is 14.8. The van der Waals surface area contributed by atoms with Gasteiger partial charge in [0.05, 0.1) is 5.83 Å². The zero-order valence-corrected chi connectivity index (χ0v) is 12.8. The fourth-order valence-electron chi connectivity index (χ4n) is 4.84. The van der Waals surface area contributed by atoms with Crippen LogP contribution in [-0.4, -0.2) is 12.3 Å². The van der Waals surface area contributed by atoms with Gasteiger partial charge in [0.2, 0.25) is 0 Å². The minimum atomic E-state index is -1.09. The summed E-state index contributed by atoms with van der Waals surface area (Å²) in [5.41, 5.74) is 0.757. The molecule has 0 radical (unpaired) electrons. The van der Waals surface area contributed by atoms with Crippen molar-refractivity contribution in [2.75, 3.05) is 0 Å². The molecular formula is C18H27F3. The van der Waals surface area contributed by atoms with E-state index in [-0.39, 0.29) is 18.2 Å². The maximum absolute atomic E-state index is 14.5. The maximum atomic E-state index is 14.5. The molecule has 120 valence electrons. The summed E-state index contributed by atoms with van der Waals surface area (Å²) in [6, 6.07) is 0. The first kappa shape index (κ1) is 15.4. The molecule has 2 fully saturated rings. The molecule has 3 heteroatoms. The standard InChI is InChI=1S/C18H27F3/c19-15-8-14(9-16(20)11-15)17-7-6-13(10-18(17)21)12-4-2-1-3-5-12/h12-16H,1-11H2. The summed E-state index contributed by atoms with van der Waals surface area (Å²) in [6.07, 6.45) is 7.18. The van der Waals surface area contributed by atoms with Gasteiger partial charge in [0.15, 0.2) is 0 Å². The highest BCUT2D eigenvalue weighted by molar-refractivity contribution is 5.17. The molecule has 0 aliphatic heterocycles. The normalized spacial score (nSPS) is 39.6. The van der Waals surface area contributed by atoms with Crippen molar-refractivity contribution in [1.29, 1.82) is 0 Å². The predicted molar refractivity (Wildman–Crippen MR) is 79.2 cm³/mol. The smallest absolute Gasteiger partial charge is 0.103 e. The lowest BCUT2D eigenvalue weighted by Crippen LogP contribution is -2.29. The monoisotopic (exact) mass is 300 g/mol. The van der Waals surface area contributed by atoms with Crippen molar-refractivity contribution in [3.05, 3.63) is 11.4 Å². The van der Waals surface area contributed by atoms with Crippen LogP contribution in [-0.2, 0) is 0 Å². The minimum Gasteiger partial charge on any atom is -0.247 e. The number of rotatable bonds is 2. The molecule has 21 heavy (non-hydrogen) atoms. The molecule has 3 unspecified atom stereocenters. The minimum absolute atomic E-state index is 0.0100. The van der Waals surface area contributed by atoms with Crippen molar-refractivity contribution < 1.29 is 13.2 Å². The van der Waals surface area contributed by atoms with Crippen molar-refractivity contribution in [2.45, 2.75) is 83.0 Å². The van der Waals surface area contributed by atoms with Gasteiger partial charge in [-0.3, -0.25) is 0 Å². The highest BCUT2D eigenvalue weighted by Crippen LogP contribution is 2.45. The molecule has 3 aliphatic rings. The predicted octanol–water partition coefficient (Wildman–Crippen LogP) is 6.07. The Kier molecular flexibility index (Phi) is 4.96. The van der Waals surface area contributed by atoms with Crippen LogP contribution in [0.2, 0.25) is 0 Å². The van der Waals surface area contributed by atoms with Gasteiger partial charge in [-0.15, -0.1) is 0 Å². The Labute approximate surface area is 126 Å². The molecular weight excluding hydrogens is 273 g/mol. The van der Waals surface area contributed by atoms with Crippen LogP contribution in [0.3, 0.4) is 0 Å². The fourth-order valence-corrected chi connectivity index (χ4v) is 4.84. The van der Waals surface area contributed by atoms with Crippen molar-refractivity contribution in [2.24, 2.45) is 17.8 Å². The quantitative estimate of drug-likeness (QED) is 0.581. The molecule has 0 amide bonds. The van der Waals surface area contributed by atoms with E-state index in [0.717, 1.165) is 18.4 Å². The number of hydrogen-bond donors (Lipinski definition) is 0. The average Bonchev–Trinajstić information content (AvgIpc) is 2.47. The zero-order valence-electron chi connectivity index (χ0n) is 12.8. The molecule has 0 nitrogen and oxygen atoms in total. The van der Waals surface area contributed by atoms with Gasteiger partial charge in [-0.25, -0.2) is 13.2 Å². The van der Waals surface area contributed by atoms with Crippen LogP contribution in [0.1, 0.15) is 70.6 Å². The highest BCUT2D eigenvalue weighted by Gasteiger charge is 2.36. The van der Waals surface area contributed by atoms with Gasteiger partial charge in [0.1, 0.15) is 12.3 Å². The Morgan fingerprint density at radius 3 is 2.05 bits per heavy atom. The number of alkyl halides is 2. The van der Waals surface area contributed by atoms with Gasteiger partial charge in [0.25, 0.3) is 0 Å². The van der Waals surface area contributed by atoms with Gasteiger partial charge in [-0.2, -0.15) is 0 Å². The molecule has 2 saturated carbocycles. The molecule has 0 heterocycles. The lowest BCUT2D eigenvalue weighted by Gasteiger charge is -2.36. The SMILES string of the molecule is FC1=C(C2CC(F)CC(F)C2)CCC(C2CCCCC2)C1. The molecule has 0 N–H and O–H groups in total. The summed E-state index contributed by atoms with van der Waals surface area (Å²) < 4.78 is 41.6. The van der Waals surface area contributed by atoms with E-state index in [9.17, 15) is 13.2 Å². The molecule has 0 spiro atoms. The Balaban J connectivity index is 1.64. The Morgan fingerprint density at radius 1 is 0.762 bits per heavy atom. The van der Waals surface area contributed by atoms with Crippen LogP contribution >= 0.6 is 0 Å². The molecule has 0 aromatic carbocycles. The lowest BCUT2D eigenvalue weighted by atomic mass is 9.70. The summed E-state index contributed by atoms with van der Waals surface area (Å²) in [7, 11) is 0.